The molecule has 0 atom stereocenters. The highest BCUT2D eigenvalue weighted by Crippen LogP contribution is 2.11. The highest BCUT2D eigenvalue weighted by atomic mass is 19.1. The van der Waals surface area contributed by atoms with Crippen LogP contribution in [-0.2, 0) is 24.3 Å². The molecule has 0 aliphatic carbocycles. The van der Waals surface area contributed by atoms with E-state index in [4.69, 9.17) is 4.74 Å². The van der Waals surface area contributed by atoms with Gasteiger partial charge in [0.2, 0.25) is 0 Å². The Morgan fingerprint density at radius 3 is 2.52 bits per heavy atom. The molecule has 4 nitrogen and oxygen atoms in total. The first-order chi connectivity index (χ1) is 12.1. The van der Waals surface area contributed by atoms with Gasteiger partial charge in [0.25, 0.3) is 0 Å². The molecule has 0 bridgehead atoms. The maximum absolute atomic E-state index is 13.1. The Bertz CT molecular complexity index is 716. The van der Waals surface area contributed by atoms with E-state index in [1.165, 1.54) is 11.6 Å². The summed E-state index contributed by atoms with van der Waals surface area (Å²) >= 11 is 0. The van der Waals surface area contributed by atoms with Gasteiger partial charge in [0, 0.05) is 27.2 Å². The molecule has 2 aromatic rings. The first-order valence-corrected chi connectivity index (χ1v) is 8.39. The molecule has 0 unspecified atom stereocenters. The number of aliphatic imine (C=N–C) groups is 1. The predicted octanol–water partition coefficient (Wildman–Crippen LogP) is 3.19. The minimum Gasteiger partial charge on any atom is -0.380 e. The summed E-state index contributed by atoms with van der Waals surface area (Å²) in [5.41, 5.74) is 4.45. The van der Waals surface area contributed by atoms with Gasteiger partial charge in [-0.2, -0.15) is 0 Å². The van der Waals surface area contributed by atoms with Crippen molar-refractivity contribution in [1.82, 2.24) is 10.6 Å². The number of aryl methyl sites for hydroxylation is 1. The van der Waals surface area contributed by atoms with E-state index in [2.05, 4.69) is 27.8 Å². The molecule has 0 fully saturated rings. The average molecular weight is 343 g/mol. The summed E-state index contributed by atoms with van der Waals surface area (Å²) in [6.45, 7) is 3.92. The molecule has 2 rings (SSSR count). The van der Waals surface area contributed by atoms with Crippen molar-refractivity contribution in [3.05, 3.63) is 70.5 Å². The molecule has 0 amide bonds. The Balaban J connectivity index is 1.85. The number of guanidine groups is 1. The third kappa shape index (κ3) is 5.87. The van der Waals surface area contributed by atoms with Crippen LogP contribution in [0.3, 0.4) is 0 Å². The van der Waals surface area contributed by atoms with E-state index in [1.807, 2.05) is 25.1 Å². The van der Waals surface area contributed by atoms with Gasteiger partial charge in [-0.15, -0.1) is 0 Å². The second-order valence-electron chi connectivity index (χ2n) is 5.88. The van der Waals surface area contributed by atoms with Crippen molar-refractivity contribution in [1.29, 1.82) is 0 Å². The van der Waals surface area contributed by atoms with Crippen LogP contribution < -0.4 is 10.6 Å². The zero-order chi connectivity index (χ0) is 18.1. The van der Waals surface area contributed by atoms with E-state index in [-0.39, 0.29) is 5.82 Å². The van der Waals surface area contributed by atoms with Gasteiger partial charge in [-0.25, -0.2) is 4.39 Å². The van der Waals surface area contributed by atoms with Crippen LogP contribution in [0, 0.1) is 12.7 Å². The number of halogens is 1. The Morgan fingerprint density at radius 1 is 1.08 bits per heavy atom. The van der Waals surface area contributed by atoms with Gasteiger partial charge in [-0.05, 0) is 47.7 Å². The molecule has 0 heterocycles. The maximum Gasteiger partial charge on any atom is 0.191 e. The smallest absolute Gasteiger partial charge is 0.191 e. The standard InChI is InChI=1S/C20H26FN3O/c1-15-12-19(21)9-8-16(15)10-11-23-20(22-2)24-13-17-6-4-5-7-18(17)14-25-3/h4-9,12H,10-11,13-14H2,1-3H3,(H2,22,23,24). The molecule has 25 heavy (non-hydrogen) atoms. The lowest BCUT2D eigenvalue weighted by molar-refractivity contribution is 0.184. The quantitative estimate of drug-likeness (QED) is 0.599. The van der Waals surface area contributed by atoms with Crippen molar-refractivity contribution < 1.29 is 9.13 Å². The largest absolute Gasteiger partial charge is 0.380 e. The van der Waals surface area contributed by atoms with Crippen molar-refractivity contribution in [2.75, 3.05) is 20.7 Å². The first-order valence-electron chi connectivity index (χ1n) is 8.39. The van der Waals surface area contributed by atoms with Crippen molar-refractivity contribution in [2.45, 2.75) is 26.5 Å². The van der Waals surface area contributed by atoms with Gasteiger partial charge in [-0.3, -0.25) is 4.99 Å². The highest BCUT2D eigenvalue weighted by molar-refractivity contribution is 5.79. The van der Waals surface area contributed by atoms with Gasteiger partial charge < -0.3 is 15.4 Å². The minimum absolute atomic E-state index is 0.193. The summed E-state index contributed by atoms with van der Waals surface area (Å²) in [4.78, 5) is 4.25. The Hall–Kier alpha value is -2.40. The molecule has 0 radical (unpaired) electrons. The van der Waals surface area contributed by atoms with Crippen molar-refractivity contribution in [3.63, 3.8) is 0 Å². The van der Waals surface area contributed by atoms with Crippen LogP contribution in [0.15, 0.2) is 47.5 Å². The Morgan fingerprint density at radius 2 is 1.84 bits per heavy atom. The fourth-order valence-electron chi connectivity index (χ4n) is 2.68. The number of benzene rings is 2. The normalized spacial score (nSPS) is 11.4. The van der Waals surface area contributed by atoms with Crippen LogP contribution in [0.25, 0.3) is 0 Å². The number of nitrogens with one attached hydrogen (secondary N) is 2. The predicted molar refractivity (Wildman–Crippen MR) is 100 cm³/mol. The SMILES string of the molecule is CN=C(NCCc1ccc(F)cc1C)NCc1ccccc1COC. The first kappa shape index (κ1) is 18.9. The van der Waals surface area contributed by atoms with Crippen molar-refractivity contribution >= 4 is 5.96 Å². The van der Waals surface area contributed by atoms with Crippen molar-refractivity contribution in [2.24, 2.45) is 4.99 Å². The molecule has 134 valence electrons. The number of hydrogen-bond acceptors (Lipinski definition) is 2. The maximum atomic E-state index is 13.1. The number of ether oxygens (including phenoxy) is 1. The molecule has 0 aliphatic rings. The summed E-state index contributed by atoms with van der Waals surface area (Å²) in [5, 5.41) is 6.61. The molecule has 0 saturated carbocycles. The molecule has 0 saturated heterocycles. The van der Waals surface area contributed by atoms with Crippen LogP contribution in [0.4, 0.5) is 4.39 Å². The number of hydrogen-bond donors (Lipinski definition) is 2. The van der Waals surface area contributed by atoms with E-state index in [9.17, 15) is 4.39 Å². The summed E-state index contributed by atoms with van der Waals surface area (Å²) in [7, 11) is 3.45. The third-order valence-electron chi connectivity index (χ3n) is 4.08. The topological polar surface area (TPSA) is 45.7 Å². The molecule has 0 aromatic heterocycles. The van der Waals surface area contributed by atoms with Gasteiger partial charge in [-0.1, -0.05) is 30.3 Å². The summed E-state index contributed by atoms with van der Waals surface area (Å²) < 4.78 is 18.4. The molecular weight excluding hydrogens is 317 g/mol. The minimum atomic E-state index is -0.193. The zero-order valence-corrected chi connectivity index (χ0v) is 15.1. The van der Waals surface area contributed by atoms with Crippen LogP contribution in [0.2, 0.25) is 0 Å². The van der Waals surface area contributed by atoms with Crippen LogP contribution in [0.5, 0.6) is 0 Å². The lowest BCUT2D eigenvalue weighted by Gasteiger charge is -2.14. The van der Waals surface area contributed by atoms with Gasteiger partial charge in [0.15, 0.2) is 5.96 Å². The number of rotatable bonds is 7. The van der Waals surface area contributed by atoms with Crippen LogP contribution in [-0.4, -0.2) is 26.7 Å². The van der Waals surface area contributed by atoms with E-state index in [0.29, 0.717) is 13.2 Å². The molecule has 0 aliphatic heterocycles. The van der Waals surface area contributed by atoms with Crippen LogP contribution in [0.1, 0.15) is 22.3 Å². The lowest BCUT2D eigenvalue weighted by atomic mass is 10.1. The van der Waals surface area contributed by atoms with E-state index in [0.717, 1.165) is 35.6 Å². The van der Waals surface area contributed by atoms with Gasteiger partial charge >= 0.3 is 0 Å². The van der Waals surface area contributed by atoms with Crippen molar-refractivity contribution in [3.8, 4) is 0 Å². The second-order valence-corrected chi connectivity index (χ2v) is 5.88. The average Bonchev–Trinajstić information content (AvgIpc) is 2.61. The molecule has 0 spiro atoms. The van der Waals surface area contributed by atoms with E-state index < -0.39 is 0 Å². The van der Waals surface area contributed by atoms with E-state index in [1.54, 1.807) is 20.2 Å². The fraction of sp³-hybridized carbons (Fsp3) is 0.350. The zero-order valence-electron chi connectivity index (χ0n) is 15.1. The second kappa shape index (κ2) is 9.79. The van der Waals surface area contributed by atoms with E-state index >= 15 is 0 Å². The highest BCUT2D eigenvalue weighted by Gasteiger charge is 2.04. The number of methoxy groups -OCH3 is 1. The summed E-state index contributed by atoms with van der Waals surface area (Å²) in [6.07, 6.45) is 0.813. The lowest BCUT2D eigenvalue weighted by Crippen LogP contribution is -2.38. The van der Waals surface area contributed by atoms with Crippen LogP contribution >= 0.6 is 0 Å². The van der Waals surface area contributed by atoms with Gasteiger partial charge in [0.1, 0.15) is 5.82 Å². The molecule has 5 heteroatoms. The molecule has 2 N–H and O–H groups in total. The monoisotopic (exact) mass is 343 g/mol. The molecular formula is C20H26FN3O. The summed E-state index contributed by atoms with van der Waals surface area (Å²) in [6, 6.07) is 13.1. The number of nitrogens with zero attached hydrogens (tertiary/aromatic N) is 1. The Kier molecular flexibility index (Phi) is 7.41. The molecule has 2 aromatic carbocycles. The fourth-order valence-corrected chi connectivity index (χ4v) is 2.68. The third-order valence-corrected chi connectivity index (χ3v) is 4.08. The van der Waals surface area contributed by atoms with Gasteiger partial charge in [0.05, 0.1) is 6.61 Å². The summed E-state index contributed by atoms with van der Waals surface area (Å²) in [5.74, 6) is 0.549. The Labute approximate surface area is 149 Å².